The molecule has 0 aliphatic heterocycles. The molecule has 0 aromatic heterocycles. The van der Waals surface area contributed by atoms with Crippen LogP contribution in [-0.2, 0) is 9.59 Å². The number of rotatable bonds is 5. The Labute approximate surface area is 113 Å². The van der Waals surface area contributed by atoms with Gasteiger partial charge in [0.15, 0.2) is 0 Å². The highest BCUT2D eigenvalue weighted by atomic mass is 16.4. The summed E-state index contributed by atoms with van der Waals surface area (Å²) in [5.41, 5.74) is 0. The number of hydrogen-bond donors (Lipinski definition) is 1. The van der Waals surface area contributed by atoms with Crippen LogP contribution >= 0.6 is 0 Å². The molecule has 1 amide bonds. The van der Waals surface area contributed by atoms with Gasteiger partial charge in [-0.3, -0.25) is 9.59 Å². The van der Waals surface area contributed by atoms with Gasteiger partial charge in [-0.15, -0.1) is 0 Å². The molecule has 4 nitrogen and oxygen atoms in total. The van der Waals surface area contributed by atoms with E-state index in [-0.39, 0.29) is 23.7 Å². The van der Waals surface area contributed by atoms with Crippen LogP contribution < -0.4 is 0 Å². The van der Waals surface area contributed by atoms with Crippen molar-refractivity contribution in [3.05, 3.63) is 12.2 Å². The van der Waals surface area contributed by atoms with Gasteiger partial charge in [0.25, 0.3) is 0 Å². The van der Waals surface area contributed by atoms with Gasteiger partial charge in [-0.1, -0.05) is 19.1 Å². The maximum atomic E-state index is 12.8. The predicted octanol–water partition coefficient (Wildman–Crippen LogP) is 1.91. The first-order valence-electron chi connectivity index (χ1n) is 7.35. The van der Waals surface area contributed by atoms with E-state index in [0.717, 1.165) is 32.2 Å². The summed E-state index contributed by atoms with van der Waals surface area (Å²) in [6.45, 7) is 2.84. The molecule has 0 heterocycles. The van der Waals surface area contributed by atoms with E-state index in [1.165, 1.54) is 0 Å². The highest BCUT2D eigenvalue weighted by molar-refractivity contribution is 5.87. The molecule has 1 N–H and O–H groups in total. The van der Waals surface area contributed by atoms with Crippen LogP contribution in [-0.4, -0.2) is 34.5 Å². The van der Waals surface area contributed by atoms with Crippen molar-refractivity contribution in [3.63, 3.8) is 0 Å². The van der Waals surface area contributed by atoms with Crippen LogP contribution in [0.2, 0.25) is 0 Å². The van der Waals surface area contributed by atoms with Gasteiger partial charge in [0.2, 0.25) is 5.91 Å². The van der Waals surface area contributed by atoms with Crippen molar-refractivity contribution in [2.75, 3.05) is 6.54 Å². The summed E-state index contributed by atoms with van der Waals surface area (Å²) in [6, 6.07) is 0.380. The SMILES string of the molecule is CCCN(C(=O)C1C2C=CC(C2)C1C(=O)O)C1CC1. The van der Waals surface area contributed by atoms with Crippen molar-refractivity contribution in [3.8, 4) is 0 Å². The first-order chi connectivity index (χ1) is 9.13. The molecule has 4 heteroatoms. The minimum atomic E-state index is -0.803. The summed E-state index contributed by atoms with van der Waals surface area (Å²) < 4.78 is 0. The Hall–Kier alpha value is -1.32. The fourth-order valence-corrected chi connectivity index (χ4v) is 3.79. The van der Waals surface area contributed by atoms with E-state index in [0.29, 0.717) is 6.04 Å². The van der Waals surface area contributed by atoms with Gasteiger partial charge in [0.05, 0.1) is 11.8 Å². The number of hydrogen-bond acceptors (Lipinski definition) is 2. The third kappa shape index (κ3) is 2.07. The highest BCUT2D eigenvalue weighted by Crippen LogP contribution is 2.49. The van der Waals surface area contributed by atoms with Gasteiger partial charge < -0.3 is 10.0 Å². The Balaban J connectivity index is 1.81. The zero-order valence-electron chi connectivity index (χ0n) is 11.3. The van der Waals surface area contributed by atoms with Crippen molar-refractivity contribution >= 4 is 11.9 Å². The molecule has 0 aromatic rings. The second kappa shape index (κ2) is 4.66. The fraction of sp³-hybridized carbons (Fsp3) is 0.733. The number of nitrogens with zero attached hydrogens (tertiary/aromatic N) is 1. The van der Waals surface area contributed by atoms with Crippen LogP contribution in [0.5, 0.6) is 0 Å². The Morgan fingerprint density at radius 3 is 2.37 bits per heavy atom. The van der Waals surface area contributed by atoms with Gasteiger partial charge in [-0.2, -0.15) is 0 Å². The molecule has 3 aliphatic carbocycles. The van der Waals surface area contributed by atoms with E-state index in [2.05, 4.69) is 13.0 Å². The molecule has 0 saturated heterocycles. The van der Waals surface area contributed by atoms with Crippen LogP contribution in [0.25, 0.3) is 0 Å². The zero-order chi connectivity index (χ0) is 13.6. The third-order valence-electron chi connectivity index (χ3n) is 4.76. The van der Waals surface area contributed by atoms with E-state index in [9.17, 15) is 14.7 Å². The molecular formula is C15H21NO3. The predicted molar refractivity (Wildman–Crippen MR) is 70.4 cm³/mol. The first kappa shape index (κ1) is 12.7. The zero-order valence-corrected chi connectivity index (χ0v) is 11.3. The van der Waals surface area contributed by atoms with Gasteiger partial charge in [-0.25, -0.2) is 0 Å². The average molecular weight is 263 g/mol. The summed E-state index contributed by atoms with van der Waals surface area (Å²) in [5.74, 6) is -1.31. The van der Waals surface area contributed by atoms with E-state index < -0.39 is 11.9 Å². The largest absolute Gasteiger partial charge is 0.481 e. The standard InChI is InChI=1S/C15H21NO3/c1-2-7-16(11-5-6-11)14(17)12-9-3-4-10(8-9)13(12)15(18)19/h3-4,9-13H,2,5-8H2,1H3,(H,18,19). The summed E-state index contributed by atoms with van der Waals surface area (Å²) >= 11 is 0. The number of allylic oxidation sites excluding steroid dienone is 2. The van der Waals surface area contributed by atoms with Gasteiger partial charge in [-0.05, 0) is 37.5 Å². The molecule has 2 bridgehead atoms. The lowest BCUT2D eigenvalue weighted by Gasteiger charge is -2.31. The van der Waals surface area contributed by atoms with E-state index in [1.807, 2.05) is 11.0 Å². The quantitative estimate of drug-likeness (QED) is 0.771. The van der Waals surface area contributed by atoms with Crippen LogP contribution in [0.4, 0.5) is 0 Å². The van der Waals surface area contributed by atoms with Crippen molar-refractivity contribution < 1.29 is 14.7 Å². The maximum Gasteiger partial charge on any atom is 0.307 e. The number of carboxylic acid groups (broad SMARTS) is 1. The molecule has 104 valence electrons. The molecular weight excluding hydrogens is 242 g/mol. The van der Waals surface area contributed by atoms with E-state index in [4.69, 9.17) is 0 Å². The number of carboxylic acids is 1. The van der Waals surface area contributed by atoms with Gasteiger partial charge >= 0.3 is 5.97 Å². The molecule has 4 unspecified atom stereocenters. The maximum absolute atomic E-state index is 12.8. The summed E-state index contributed by atoms with van der Waals surface area (Å²) in [4.78, 5) is 26.2. The molecule has 2 saturated carbocycles. The van der Waals surface area contributed by atoms with Crippen LogP contribution in [0, 0.1) is 23.7 Å². The summed E-state index contributed by atoms with van der Waals surface area (Å²) in [7, 11) is 0. The molecule has 0 spiro atoms. The Morgan fingerprint density at radius 1 is 1.21 bits per heavy atom. The Kier molecular flexibility index (Phi) is 3.11. The monoisotopic (exact) mass is 263 g/mol. The fourth-order valence-electron chi connectivity index (χ4n) is 3.79. The second-order valence-electron chi connectivity index (χ2n) is 6.10. The van der Waals surface area contributed by atoms with Crippen molar-refractivity contribution in [2.45, 2.75) is 38.6 Å². The van der Waals surface area contributed by atoms with Crippen LogP contribution in [0.3, 0.4) is 0 Å². The lowest BCUT2D eigenvalue weighted by Crippen LogP contribution is -2.44. The lowest BCUT2D eigenvalue weighted by atomic mass is 9.82. The highest BCUT2D eigenvalue weighted by Gasteiger charge is 2.53. The van der Waals surface area contributed by atoms with E-state index >= 15 is 0 Å². The first-order valence-corrected chi connectivity index (χ1v) is 7.35. The minimum Gasteiger partial charge on any atom is -0.481 e. The van der Waals surface area contributed by atoms with Crippen molar-refractivity contribution in [1.29, 1.82) is 0 Å². The normalized spacial score (nSPS) is 35.6. The van der Waals surface area contributed by atoms with Gasteiger partial charge in [0.1, 0.15) is 0 Å². The summed E-state index contributed by atoms with van der Waals surface area (Å²) in [6.07, 6.45) is 8.01. The topological polar surface area (TPSA) is 57.6 Å². The van der Waals surface area contributed by atoms with Crippen molar-refractivity contribution in [1.82, 2.24) is 4.90 Å². The lowest BCUT2D eigenvalue weighted by molar-refractivity contribution is -0.151. The number of carbonyl (C=O) groups is 2. The van der Waals surface area contributed by atoms with Crippen LogP contribution in [0.1, 0.15) is 32.6 Å². The Morgan fingerprint density at radius 2 is 1.84 bits per heavy atom. The minimum absolute atomic E-state index is 0.0686. The van der Waals surface area contributed by atoms with Crippen LogP contribution in [0.15, 0.2) is 12.2 Å². The van der Waals surface area contributed by atoms with E-state index in [1.54, 1.807) is 0 Å². The number of amides is 1. The second-order valence-corrected chi connectivity index (χ2v) is 6.10. The molecule has 3 aliphatic rings. The number of carbonyl (C=O) groups excluding carboxylic acids is 1. The molecule has 0 radical (unpaired) electrons. The Bertz CT molecular complexity index is 427. The molecule has 2 fully saturated rings. The van der Waals surface area contributed by atoms with Crippen molar-refractivity contribution in [2.24, 2.45) is 23.7 Å². The summed E-state index contributed by atoms with van der Waals surface area (Å²) in [5, 5.41) is 9.42. The average Bonchev–Trinajstić information content (AvgIpc) is 3.01. The molecule has 19 heavy (non-hydrogen) atoms. The van der Waals surface area contributed by atoms with Gasteiger partial charge in [0, 0.05) is 12.6 Å². The number of aliphatic carboxylic acids is 1. The smallest absolute Gasteiger partial charge is 0.307 e. The molecule has 0 aromatic carbocycles. The third-order valence-corrected chi connectivity index (χ3v) is 4.76. The number of fused-ring (bicyclic) bond motifs is 2. The molecule has 4 atom stereocenters. The molecule has 3 rings (SSSR count).